The molecule has 32 heavy (non-hydrogen) atoms. The Morgan fingerprint density at radius 1 is 0.938 bits per heavy atom. The van der Waals surface area contributed by atoms with Gasteiger partial charge in [-0.05, 0) is 81.0 Å². The fraction of sp³-hybridized carbons (Fsp3) is 0.400. The summed E-state index contributed by atoms with van der Waals surface area (Å²) >= 11 is 0. The Morgan fingerprint density at radius 3 is 2.19 bits per heavy atom. The standard InChI is InChI=1S/C25H27F3N4/c1-16(14-17-6-11-20-21(15-17)24(4,5)13-12-23(20,2)3)18-7-9-19(10-8-18)32-22(25(26,27)28)29-30-31-32/h6-11,14-15H,12-13H2,1-5H3/b16-14+. The molecule has 0 fully saturated rings. The number of halogens is 3. The van der Waals surface area contributed by atoms with Crippen LogP contribution >= 0.6 is 0 Å². The SMILES string of the molecule is C/C(=C\c1ccc2c(c1)C(C)(C)CCC2(C)C)c1ccc(-n2nnnc2C(F)(F)F)cc1. The number of hydrogen-bond acceptors (Lipinski definition) is 3. The van der Waals surface area contributed by atoms with Crippen molar-refractivity contribution in [3.8, 4) is 5.69 Å². The Kier molecular flexibility index (Phi) is 5.26. The first-order chi connectivity index (χ1) is 14.9. The maximum Gasteiger partial charge on any atom is 0.453 e. The second-order valence-corrected chi connectivity index (χ2v) is 9.86. The van der Waals surface area contributed by atoms with Gasteiger partial charge in [-0.2, -0.15) is 17.9 Å². The van der Waals surface area contributed by atoms with Gasteiger partial charge in [0.2, 0.25) is 0 Å². The van der Waals surface area contributed by atoms with Crippen LogP contribution in [0, 0.1) is 0 Å². The molecule has 3 aromatic rings. The number of rotatable bonds is 3. The highest BCUT2D eigenvalue weighted by atomic mass is 19.4. The molecule has 0 unspecified atom stereocenters. The van der Waals surface area contributed by atoms with Gasteiger partial charge in [0.25, 0.3) is 5.82 Å². The summed E-state index contributed by atoms with van der Waals surface area (Å²) in [6, 6.07) is 13.4. The van der Waals surface area contributed by atoms with Crippen molar-refractivity contribution < 1.29 is 13.2 Å². The zero-order valence-electron chi connectivity index (χ0n) is 19.0. The molecule has 1 aliphatic rings. The molecule has 0 amide bonds. The third-order valence-electron chi connectivity index (χ3n) is 6.55. The first kappa shape index (κ1) is 22.2. The largest absolute Gasteiger partial charge is 0.453 e. The van der Waals surface area contributed by atoms with Crippen LogP contribution in [-0.4, -0.2) is 20.2 Å². The van der Waals surface area contributed by atoms with Gasteiger partial charge in [0.1, 0.15) is 0 Å². The van der Waals surface area contributed by atoms with Gasteiger partial charge in [-0.15, -0.1) is 5.10 Å². The Labute approximate surface area is 186 Å². The molecule has 1 aromatic heterocycles. The molecule has 0 saturated carbocycles. The van der Waals surface area contributed by atoms with E-state index in [9.17, 15) is 13.2 Å². The molecule has 1 aliphatic carbocycles. The molecule has 0 atom stereocenters. The normalized spacial score (nSPS) is 17.8. The van der Waals surface area contributed by atoms with Crippen LogP contribution < -0.4 is 0 Å². The molecular weight excluding hydrogens is 413 g/mol. The molecule has 168 valence electrons. The van der Waals surface area contributed by atoms with Crippen LogP contribution in [0.5, 0.6) is 0 Å². The third-order valence-corrected chi connectivity index (χ3v) is 6.55. The van der Waals surface area contributed by atoms with Crippen molar-refractivity contribution in [3.05, 3.63) is 70.5 Å². The fourth-order valence-electron chi connectivity index (χ4n) is 4.43. The monoisotopic (exact) mass is 440 g/mol. The van der Waals surface area contributed by atoms with Crippen molar-refractivity contribution in [2.45, 2.75) is 64.5 Å². The lowest BCUT2D eigenvalue weighted by Crippen LogP contribution is -2.33. The maximum atomic E-state index is 13.1. The molecule has 7 heteroatoms. The number of alkyl halides is 3. The zero-order valence-corrected chi connectivity index (χ0v) is 19.0. The predicted molar refractivity (Wildman–Crippen MR) is 119 cm³/mol. The number of benzene rings is 2. The van der Waals surface area contributed by atoms with Crippen LogP contribution in [0.25, 0.3) is 17.3 Å². The summed E-state index contributed by atoms with van der Waals surface area (Å²) in [5, 5.41) is 9.75. The fourth-order valence-corrected chi connectivity index (χ4v) is 4.43. The summed E-state index contributed by atoms with van der Waals surface area (Å²) in [6.45, 7) is 11.2. The summed E-state index contributed by atoms with van der Waals surface area (Å²) in [5.74, 6) is -1.14. The molecule has 0 N–H and O–H groups in total. The molecule has 1 heterocycles. The molecule has 4 nitrogen and oxygen atoms in total. The quantitative estimate of drug-likeness (QED) is 0.432. The highest BCUT2D eigenvalue weighted by Gasteiger charge is 2.38. The van der Waals surface area contributed by atoms with Crippen LogP contribution in [-0.2, 0) is 17.0 Å². The summed E-state index contributed by atoms with van der Waals surface area (Å²) in [4.78, 5) is 0. The van der Waals surface area contributed by atoms with Gasteiger partial charge in [-0.25, -0.2) is 0 Å². The van der Waals surface area contributed by atoms with E-state index >= 15 is 0 Å². The average molecular weight is 441 g/mol. The van der Waals surface area contributed by atoms with Gasteiger partial charge < -0.3 is 0 Å². The van der Waals surface area contributed by atoms with Crippen LogP contribution in [0.3, 0.4) is 0 Å². The Bertz CT molecular complexity index is 1170. The van der Waals surface area contributed by atoms with Gasteiger partial charge >= 0.3 is 6.18 Å². The second-order valence-electron chi connectivity index (χ2n) is 9.86. The van der Waals surface area contributed by atoms with Crippen LogP contribution in [0.15, 0.2) is 42.5 Å². The number of allylic oxidation sites excluding steroid dienone is 1. The van der Waals surface area contributed by atoms with Crippen molar-refractivity contribution in [3.63, 3.8) is 0 Å². The second kappa shape index (κ2) is 7.57. The zero-order chi connectivity index (χ0) is 23.3. The van der Waals surface area contributed by atoms with Gasteiger partial charge in [0.15, 0.2) is 0 Å². The van der Waals surface area contributed by atoms with E-state index in [1.54, 1.807) is 24.3 Å². The lowest BCUT2D eigenvalue weighted by Gasteiger charge is -2.42. The summed E-state index contributed by atoms with van der Waals surface area (Å²) in [7, 11) is 0. The van der Waals surface area contributed by atoms with Gasteiger partial charge in [0.05, 0.1) is 5.69 Å². The van der Waals surface area contributed by atoms with E-state index in [4.69, 9.17) is 0 Å². The van der Waals surface area contributed by atoms with E-state index in [2.05, 4.69) is 67.5 Å². The van der Waals surface area contributed by atoms with Gasteiger partial charge in [-0.1, -0.05) is 64.1 Å². The van der Waals surface area contributed by atoms with Crippen molar-refractivity contribution in [1.82, 2.24) is 20.2 Å². The highest BCUT2D eigenvalue weighted by molar-refractivity contribution is 5.80. The number of nitrogens with zero attached hydrogens (tertiary/aromatic N) is 4. The number of fused-ring (bicyclic) bond motifs is 1. The van der Waals surface area contributed by atoms with Crippen molar-refractivity contribution in [2.75, 3.05) is 0 Å². The number of hydrogen-bond donors (Lipinski definition) is 0. The van der Waals surface area contributed by atoms with Gasteiger partial charge in [-0.3, -0.25) is 0 Å². The topological polar surface area (TPSA) is 43.6 Å². The maximum absolute atomic E-state index is 13.1. The lowest BCUT2D eigenvalue weighted by atomic mass is 9.63. The average Bonchev–Trinajstić information content (AvgIpc) is 3.22. The van der Waals surface area contributed by atoms with E-state index in [1.807, 2.05) is 6.92 Å². The third kappa shape index (κ3) is 4.08. The summed E-state index contributed by atoms with van der Waals surface area (Å²) in [5.41, 5.74) is 6.44. The minimum Gasteiger partial charge on any atom is -0.189 e. The summed E-state index contributed by atoms with van der Waals surface area (Å²) in [6.07, 6.45) is -0.180. The van der Waals surface area contributed by atoms with E-state index in [1.165, 1.54) is 17.5 Å². The minimum absolute atomic E-state index is 0.131. The molecule has 2 aromatic carbocycles. The predicted octanol–water partition coefficient (Wildman–Crippen LogP) is 6.59. The van der Waals surface area contributed by atoms with E-state index in [-0.39, 0.29) is 16.5 Å². The van der Waals surface area contributed by atoms with Crippen molar-refractivity contribution in [1.29, 1.82) is 0 Å². The minimum atomic E-state index is -4.62. The molecule has 0 spiro atoms. The molecule has 0 radical (unpaired) electrons. The van der Waals surface area contributed by atoms with E-state index < -0.39 is 12.0 Å². The van der Waals surface area contributed by atoms with Crippen LogP contribution in [0.1, 0.15) is 75.5 Å². The van der Waals surface area contributed by atoms with Crippen molar-refractivity contribution >= 4 is 11.6 Å². The van der Waals surface area contributed by atoms with Crippen LogP contribution in [0.2, 0.25) is 0 Å². The first-order valence-corrected chi connectivity index (χ1v) is 10.7. The molecule has 4 rings (SSSR count). The van der Waals surface area contributed by atoms with Crippen LogP contribution in [0.4, 0.5) is 13.2 Å². The Morgan fingerprint density at radius 2 is 1.56 bits per heavy atom. The number of aromatic nitrogens is 4. The van der Waals surface area contributed by atoms with E-state index in [0.29, 0.717) is 4.68 Å². The smallest absolute Gasteiger partial charge is 0.189 e. The Balaban J connectivity index is 1.64. The molecule has 0 saturated heterocycles. The molecule has 0 bridgehead atoms. The highest BCUT2D eigenvalue weighted by Crippen LogP contribution is 2.46. The summed E-state index contributed by atoms with van der Waals surface area (Å²) < 4.78 is 39.9. The lowest BCUT2D eigenvalue weighted by molar-refractivity contribution is -0.146. The number of tetrazole rings is 1. The van der Waals surface area contributed by atoms with Crippen molar-refractivity contribution in [2.24, 2.45) is 0 Å². The first-order valence-electron chi connectivity index (χ1n) is 10.7. The van der Waals surface area contributed by atoms with Gasteiger partial charge in [0, 0.05) is 0 Å². The molecular formula is C25H27F3N4. The molecule has 0 aliphatic heterocycles. The Hall–Kier alpha value is -2.96. The van der Waals surface area contributed by atoms with E-state index in [0.717, 1.165) is 23.1 Å².